The zero-order valence-electron chi connectivity index (χ0n) is 11.9. The third-order valence-electron chi connectivity index (χ3n) is 4.36. The minimum Gasteiger partial charge on any atom is -0.314 e. The number of hydrogen-bond acceptors (Lipinski definition) is 2. The number of piperidine rings is 1. The average Bonchev–Trinajstić information content (AvgIpc) is 3.10. The average molecular weight is 238 g/mol. The molecule has 0 aromatic rings. The Hall–Kier alpha value is -0.0800. The molecule has 1 aliphatic heterocycles. The minimum absolute atomic E-state index is 0.777. The molecule has 1 saturated heterocycles. The highest BCUT2D eigenvalue weighted by atomic mass is 15.2. The predicted molar refractivity (Wildman–Crippen MR) is 74.2 cm³/mol. The summed E-state index contributed by atoms with van der Waals surface area (Å²) in [5.41, 5.74) is 0. The van der Waals surface area contributed by atoms with Crippen LogP contribution in [0.25, 0.3) is 0 Å². The second kappa shape index (κ2) is 6.19. The normalized spacial score (nSPS) is 25.4. The van der Waals surface area contributed by atoms with Gasteiger partial charge in [-0.05, 0) is 70.5 Å². The van der Waals surface area contributed by atoms with Gasteiger partial charge in [0.15, 0.2) is 0 Å². The summed E-state index contributed by atoms with van der Waals surface area (Å²) < 4.78 is 0. The molecular formula is C15H30N2. The molecule has 0 bridgehead atoms. The van der Waals surface area contributed by atoms with E-state index in [1.165, 1.54) is 51.7 Å². The van der Waals surface area contributed by atoms with Gasteiger partial charge < -0.3 is 10.2 Å². The van der Waals surface area contributed by atoms with E-state index < -0.39 is 0 Å². The molecule has 0 aromatic carbocycles. The van der Waals surface area contributed by atoms with Crippen LogP contribution in [0.4, 0.5) is 0 Å². The van der Waals surface area contributed by atoms with Crippen LogP contribution in [0, 0.1) is 11.8 Å². The van der Waals surface area contributed by atoms with Crippen molar-refractivity contribution in [2.24, 2.45) is 11.8 Å². The topological polar surface area (TPSA) is 15.3 Å². The quantitative estimate of drug-likeness (QED) is 0.765. The number of hydrogen-bond donors (Lipinski definition) is 1. The summed E-state index contributed by atoms with van der Waals surface area (Å²) in [6.07, 6.45) is 7.00. The van der Waals surface area contributed by atoms with Crippen molar-refractivity contribution in [1.82, 2.24) is 10.2 Å². The van der Waals surface area contributed by atoms with Crippen molar-refractivity contribution in [2.75, 3.05) is 19.6 Å². The first-order valence-corrected chi connectivity index (χ1v) is 7.62. The van der Waals surface area contributed by atoms with Crippen LogP contribution in [0.3, 0.4) is 0 Å². The van der Waals surface area contributed by atoms with Crippen LogP contribution in [-0.4, -0.2) is 36.6 Å². The van der Waals surface area contributed by atoms with E-state index in [1.54, 1.807) is 0 Å². The largest absolute Gasteiger partial charge is 0.314 e. The molecule has 2 heteroatoms. The van der Waals surface area contributed by atoms with Gasteiger partial charge in [-0.25, -0.2) is 0 Å². The van der Waals surface area contributed by atoms with Gasteiger partial charge in [0.1, 0.15) is 0 Å². The highest BCUT2D eigenvalue weighted by Crippen LogP contribution is 2.28. The Morgan fingerprint density at radius 3 is 2.24 bits per heavy atom. The zero-order chi connectivity index (χ0) is 12.3. The first-order valence-electron chi connectivity index (χ1n) is 7.62. The molecule has 0 aromatic heterocycles. The lowest BCUT2D eigenvalue weighted by Gasteiger charge is -2.37. The predicted octanol–water partition coefficient (Wildman–Crippen LogP) is 2.89. The molecule has 1 saturated carbocycles. The number of rotatable bonds is 6. The van der Waals surface area contributed by atoms with E-state index >= 15 is 0 Å². The molecule has 2 aliphatic rings. The third kappa shape index (κ3) is 4.59. The van der Waals surface area contributed by atoms with Gasteiger partial charge in [-0.3, -0.25) is 0 Å². The van der Waals surface area contributed by atoms with Crippen LogP contribution in [0.5, 0.6) is 0 Å². The fraction of sp³-hybridized carbons (Fsp3) is 1.00. The molecule has 1 unspecified atom stereocenters. The monoisotopic (exact) mass is 238 g/mol. The Morgan fingerprint density at radius 1 is 1.06 bits per heavy atom. The summed E-state index contributed by atoms with van der Waals surface area (Å²) in [5.74, 6) is 1.85. The molecule has 2 nitrogen and oxygen atoms in total. The van der Waals surface area contributed by atoms with Crippen LogP contribution in [0.2, 0.25) is 0 Å². The molecule has 17 heavy (non-hydrogen) atoms. The lowest BCUT2D eigenvalue weighted by molar-refractivity contribution is 0.137. The summed E-state index contributed by atoms with van der Waals surface area (Å²) in [4.78, 5) is 2.69. The molecule has 0 amide bonds. The summed E-state index contributed by atoms with van der Waals surface area (Å²) in [6, 6.07) is 1.58. The van der Waals surface area contributed by atoms with Gasteiger partial charge in [0.25, 0.3) is 0 Å². The molecule has 0 radical (unpaired) electrons. The second-order valence-corrected chi connectivity index (χ2v) is 6.64. The van der Waals surface area contributed by atoms with Gasteiger partial charge in [-0.2, -0.15) is 0 Å². The smallest absolute Gasteiger partial charge is 0.00915 e. The lowest BCUT2D eigenvalue weighted by Crippen LogP contribution is -2.46. The molecule has 1 atom stereocenters. The van der Waals surface area contributed by atoms with Crippen LogP contribution < -0.4 is 5.32 Å². The lowest BCUT2D eigenvalue weighted by atomic mass is 9.99. The zero-order valence-corrected chi connectivity index (χ0v) is 11.9. The first kappa shape index (κ1) is 13.4. The van der Waals surface area contributed by atoms with Crippen molar-refractivity contribution in [3.8, 4) is 0 Å². The first-order chi connectivity index (χ1) is 8.15. The van der Waals surface area contributed by atoms with Gasteiger partial charge in [0.2, 0.25) is 0 Å². The Labute approximate surface area is 107 Å². The molecule has 2 rings (SSSR count). The maximum absolute atomic E-state index is 3.76. The Kier molecular flexibility index (Phi) is 4.87. The van der Waals surface area contributed by atoms with E-state index in [-0.39, 0.29) is 0 Å². The number of nitrogens with zero attached hydrogens (tertiary/aromatic N) is 1. The molecular weight excluding hydrogens is 208 g/mol. The second-order valence-electron chi connectivity index (χ2n) is 6.64. The van der Waals surface area contributed by atoms with E-state index in [1.807, 2.05) is 0 Å². The molecule has 0 spiro atoms. The highest BCUT2D eigenvalue weighted by Gasteiger charge is 2.25. The molecule has 1 N–H and O–H groups in total. The Balaban J connectivity index is 1.62. The van der Waals surface area contributed by atoms with Gasteiger partial charge in [-0.1, -0.05) is 13.8 Å². The molecule has 1 aliphatic carbocycles. The van der Waals surface area contributed by atoms with Crippen LogP contribution in [-0.2, 0) is 0 Å². The van der Waals surface area contributed by atoms with Crippen LogP contribution in [0.15, 0.2) is 0 Å². The standard InChI is InChI=1S/C15H30N2/c1-12(2)10-13(3)17-8-6-15(7-9-17)16-11-14-4-5-14/h12-16H,4-11H2,1-3H3. The maximum atomic E-state index is 3.76. The van der Waals surface area contributed by atoms with E-state index in [0.29, 0.717) is 0 Å². The van der Waals surface area contributed by atoms with E-state index in [0.717, 1.165) is 23.9 Å². The van der Waals surface area contributed by atoms with E-state index in [4.69, 9.17) is 0 Å². The van der Waals surface area contributed by atoms with Crippen LogP contribution in [0.1, 0.15) is 52.9 Å². The fourth-order valence-electron chi connectivity index (χ4n) is 3.03. The summed E-state index contributed by atoms with van der Waals surface area (Å²) in [5, 5.41) is 3.76. The fourth-order valence-corrected chi connectivity index (χ4v) is 3.03. The minimum atomic E-state index is 0.777. The molecule has 1 heterocycles. The van der Waals surface area contributed by atoms with Crippen LogP contribution >= 0.6 is 0 Å². The van der Waals surface area contributed by atoms with Crippen molar-refractivity contribution in [2.45, 2.75) is 65.0 Å². The Bertz CT molecular complexity index is 215. The summed E-state index contributed by atoms with van der Waals surface area (Å²) >= 11 is 0. The number of nitrogens with one attached hydrogen (secondary N) is 1. The van der Waals surface area contributed by atoms with Gasteiger partial charge in [-0.15, -0.1) is 0 Å². The van der Waals surface area contributed by atoms with Gasteiger partial charge >= 0.3 is 0 Å². The maximum Gasteiger partial charge on any atom is 0.00915 e. The van der Waals surface area contributed by atoms with E-state index in [2.05, 4.69) is 31.0 Å². The van der Waals surface area contributed by atoms with Crippen molar-refractivity contribution in [3.05, 3.63) is 0 Å². The summed E-state index contributed by atoms with van der Waals surface area (Å²) in [7, 11) is 0. The van der Waals surface area contributed by atoms with Crippen molar-refractivity contribution >= 4 is 0 Å². The number of likely N-dealkylation sites (tertiary alicyclic amines) is 1. The highest BCUT2D eigenvalue weighted by molar-refractivity contribution is 4.83. The molecule has 100 valence electrons. The van der Waals surface area contributed by atoms with E-state index in [9.17, 15) is 0 Å². The SMILES string of the molecule is CC(C)CC(C)N1CCC(NCC2CC2)CC1. The Morgan fingerprint density at radius 2 is 1.71 bits per heavy atom. The third-order valence-corrected chi connectivity index (χ3v) is 4.36. The van der Waals surface area contributed by atoms with Crippen molar-refractivity contribution < 1.29 is 0 Å². The van der Waals surface area contributed by atoms with Crippen molar-refractivity contribution in [1.29, 1.82) is 0 Å². The van der Waals surface area contributed by atoms with Crippen molar-refractivity contribution in [3.63, 3.8) is 0 Å². The molecule has 2 fully saturated rings. The summed E-state index contributed by atoms with van der Waals surface area (Å²) in [6.45, 7) is 11.0. The van der Waals surface area contributed by atoms with Gasteiger partial charge in [0.05, 0.1) is 0 Å². The van der Waals surface area contributed by atoms with Gasteiger partial charge in [0, 0.05) is 12.1 Å².